The fourth-order valence-electron chi connectivity index (χ4n) is 4.05. The highest BCUT2D eigenvalue weighted by molar-refractivity contribution is 6.33. The standard InChI is InChI=1S/C28H29Cl2N3O2/c1-20-19-21(14-15-23(20)29)35-18-17-33-26-12-7-6-11-25(26)32-27(33)13-3-2-8-16-31-28(34)22-9-4-5-10-24(22)30/h4-7,9-12,14-15,19H,2-3,8,13,16-18H2,1H3,(H,31,34). The summed E-state index contributed by atoms with van der Waals surface area (Å²) in [5, 5.41) is 4.16. The minimum Gasteiger partial charge on any atom is -0.492 e. The summed E-state index contributed by atoms with van der Waals surface area (Å²) in [6.07, 6.45) is 3.75. The lowest BCUT2D eigenvalue weighted by atomic mass is 10.1. The van der Waals surface area contributed by atoms with Crippen LogP contribution in [0.3, 0.4) is 0 Å². The Balaban J connectivity index is 1.28. The van der Waals surface area contributed by atoms with E-state index in [1.807, 2.05) is 55.5 Å². The molecule has 1 heterocycles. The van der Waals surface area contributed by atoms with Crippen LogP contribution in [0.15, 0.2) is 66.7 Å². The van der Waals surface area contributed by atoms with Crippen LogP contribution in [0.25, 0.3) is 11.0 Å². The highest BCUT2D eigenvalue weighted by Gasteiger charge is 2.11. The number of hydrogen-bond donors (Lipinski definition) is 1. The van der Waals surface area contributed by atoms with Crippen LogP contribution in [-0.4, -0.2) is 28.6 Å². The molecule has 0 atom stereocenters. The second-order valence-electron chi connectivity index (χ2n) is 8.47. The van der Waals surface area contributed by atoms with E-state index in [1.165, 1.54) is 0 Å². The van der Waals surface area contributed by atoms with Crippen LogP contribution < -0.4 is 10.1 Å². The lowest BCUT2D eigenvalue weighted by Crippen LogP contribution is -2.24. The van der Waals surface area contributed by atoms with Crippen LogP contribution in [0.4, 0.5) is 0 Å². The van der Waals surface area contributed by atoms with Gasteiger partial charge in [-0.05, 0) is 67.8 Å². The van der Waals surface area contributed by atoms with Gasteiger partial charge in [0.25, 0.3) is 5.91 Å². The van der Waals surface area contributed by atoms with Gasteiger partial charge in [0.2, 0.25) is 0 Å². The van der Waals surface area contributed by atoms with E-state index < -0.39 is 0 Å². The van der Waals surface area contributed by atoms with E-state index in [0.717, 1.165) is 58.9 Å². The quantitative estimate of drug-likeness (QED) is 0.224. The van der Waals surface area contributed by atoms with Gasteiger partial charge >= 0.3 is 0 Å². The lowest BCUT2D eigenvalue weighted by molar-refractivity contribution is 0.0953. The molecule has 0 aliphatic carbocycles. The summed E-state index contributed by atoms with van der Waals surface area (Å²) in [5.41, 5.74) is 3.63. The first-order valence-electron chi connectivity index (χ1n) is 11.9. The Morgan fingerprint density at radius 2 is 1.77 bits per heavy atom. The van der Waals surface area contributed by atoms with E-state index in [9.17, 15) is 4.79 Å². The first kappa shape index (κ1) is 25.1. The van der Waals surface area contributed by atoms with Crippen molar-refractivity contribution in [2.24, 2.45) is 0 Å². The second-order valence-corrected chi connectivity index (χ2v) is 9.29. The minimum atomic E-state index is -0.131. The van der Waals surface area contributed by atoms with Gasteiger partial charge in [0.05, 0.1) is 28.2 Å². The van der Waals surface area contributed by atoms with Gasteiger partial charge in [-0.25, -0.2) is 4.98 Å². The number of rotatable bonds is 11. The van der Waals surface area contributed by atoms with Gasteiger partial charge in [-0.3, -0.25) is 4.79 Å². The number of aryl methyl sites for hydroxylation is 2. The Hall–Kier alpha value is -3.02. The number of para-hydroxylation sites is 2. The molecule has 3 aromatic carbocycles. The molecule has 0 bridgehead atoms. The molecule has 35 heavy (non-hydrogen) atoms. The van der Waals surface area contributed by atoms with Crippen LogP contribution in [0.1, 0.15) is 41.0 Å². The first-order chi connectivity index (χ1) is 17.0. The molecule has 5 nitrogen and oxygen atoms in total. The molecular weight excluding hydrogens is 481 g/mol. The molecule has 0 aliphatic rings. The van der Waals surface area contributed by atoms with Crippen molar-refractivity contribution in [1.29, 1.82) is 0 Å². The molecule has 182 valence electrons. The molecule has 4 aromatic rings. The average molecular weight is 510 g/mol. The highest BCUT2D eigenvalue weighted by atomic mass is 35.5. The number of aromatic nitrogens is 2. The van der Waals surface area contributed by atoms with Crippen molar-refractivity contribution in [3.63, 3.8) is 0 Å². The fourth-order valence-corrected chi connectivity index (χ4v) is 4.39. The van der Waals surface area contributed by atoms with Crippen LogP contribution in [-0.2, 0) is 13.0 Å². The van der Waals surface area contributed by atoms with E-state index in [-0.39, 0.29) is 5.91 Å². The molecule has 0 radical (unpaired) electrons. The Kier molecular flexibility index (Phi) is 8.67. The zero-order chi connectivity index (χ0) is 24.6. The number of carbonyl (C=O) groups excluding carboxylic acids is 1. The smallest absolute Gasteiger partial charge is 0.252 e. The number of carbonyl (C=O) groups is 1. The van der Waals surface area contributed by atoms with Crippen LogP contribution in [0.2, 0.25) is 10.0 Å². The normalized spacial score (nSPS) is 11.1. The first-order valence-corrected chi connectivity index (χ1v) is 12.6. The monoisotopic (exact) mass is 509 g/mol. The summed E-state index contributed by atoms with van der Waals surface area (Å²) in [6.45, 7) is 3.85. The predicted molar refractivity (Wildman–Crippen MR) is 143 cm³/mol. The van der Waals surface area contributed by atoms with Crippen molar-refractivity contribution in [1.82, 2.24) is 14.9 Å². The van der Waals surface area contributed by atoms with E-state index >= 15 is 0 Å². The summed E-state index contributed by atoms with van der Waals surface area (Å²) in [4.78, 5) is 17.1. The number of halogens is 2. The molecule has 0 unspecified atom stereocenters. The van der Waals surface area contributed by atoms with Crippen LogP contribution >= 0.6 is 23.2 Å². The molecule has 0 spiro atoms. The summed E-state index contributed by atoms with van der Waals surface area (Å²) in [6, 6.07) is 21.0. The number of unbranched alkanes of at least 4 members (excludes halogenated alkanes) is 2. The van der Waals surface area contributed by atoms with E-state index in [2.05, 4.69) is 16.0 Å². The summed E-state index contributed by atoms with van der Waals surface area (Å²) in [5.74, 6) is 1.74. The van der Waals surface area contributed by atoms with Gasteiger partial charge in [-0.15, -0.1) is 0 Å². The average Bonchev–Trinajstić information content (AvgIpc) is 3.21. The summed E-state index contributed by atoms with van der Waals surface area (Å²) in [7, 11) is 0. The van der Waals surface area contributed by atoms with Crippen LogP contribution in [0, 0.1) is 6.92 Å². The largest absolute Gasteiger partial charge is 0.492 e. The second kappa shape index (κ2) is 12.1. The number of nitrogens with one attached hydrogen (secondary N) is 1. The molecule has 0 saturated heterocycles. The Morgan fingerprint density at radius 1 is 0.971 bits per heavy atom. The van der Waals surface area contributed by atoms with Crippen molar-refractivity contribution in [2.75, 3.05) is 13.2 Å². The number of fused-ring (bicyclic) bond motifs is 1. The molecule has 7 heteroatoms. The summed E-state index contributed by atoms with van der Waals surface area (Å²) < 4.78 is 8.23. The third kappa shape index (κ3) is 6.56. The predicted octanol–water partition coefficient (Wildman–Crippen LogP) is 6.87. The topological polar surface area (TPSA) is 56.1 Å². The SMILES string of the molecule is Cc1cc(OCCn2c(CCCCCNC(=O)c3ccccc3Cl)nc3ccccc32)ccc1Cl. The van der Waals surface area contributed by atoms with Crippen molar-refractivity contribution in [2.45, 2.75) is 39.2 Å². The fraction of sp³-hybridized carbons (Fsp3) is 0.286. The molecule has 0 saturated carbocycles. The number of hydrogen-bond acceptors (Lipinski definition) is 3. The van der Waals surface area contributed by atoms with E-state index in [0.29, 0.717) is 30.3 Å². The zero-order valence-corrected chi connectivity index (χ0v) is 21.3. The van der Waals surface area contributed by atoms with Gasteiger partial charge in [0, 0.05) is 18.0 Å². The maximum Gasteiger partial charge on any atom is 0.252 e. The molecule has 1 N–H and O–H groups in total. The van der Waals surface area contributed by atoms with Gasteiger partial charge in [0.15, 0.2) is 0 Å². The lowest BCUT2D eigenvalue weighted by Gasteiger charge is -2.12. The molecular formula is C28H29Cl2N3O2. The third-order valence-electron chi connectivity index (χ3n) is 5.93. The number of imidazole rings is 1. The molecule has 0 aliphatic heterocycles. The van der Waals surface area contributed by atoms with Crippen molar-refractivity contribution in [3.8, 4) is 5.75 Å². The molecule has 1 aromatic heterocycles. The minimum absolute atomic E-state index is 0.131. The summed E-state index contributed by atoms with van der Waals surface area (Å²) >= 11 is 12.2. The Bertz CT molecular complexity index is 1300. The van der Waals surface area contributed by atoms with Gasteiger partial charge in [-0.2, -0.15) is 0 Å². The van der Waals surface area contributed by atoms with E-state index in [4.69, 9.17) is 32.9 Å². The maximum atomic E-state index is 12.3. The van der Waals surface area contributed by atoms with Crippen LogP contribution in [0.5, 0.6) is 5.75 Å². The molecule has 1 amide bonds. The van der Waals surface area contributed by atoms with Crippen molar-refractivity contribution in [3.05, 3.63) is 93.7 Å². The zero-order valence-electron chi connectivity index (χ0n) is 19.8. The van der Waals surface area contributed by atoms with Crippen molar-refractivity contribution < 1.29 is 9.53 Å². The Labute approximate surface area is 216 Å². The maximum absolute atomic E-state index is 12.3. The van der Waals surface area contributed by atoms with E-state index in [1.54, 1.807) is 12.1 Å². The van der Waals surface area contributed by atoms with Gasteiger partial charge in [-0.1, -0.05) is 53.9 Å². The van der Waals surface area contributed by atoms with Gasteiger partial charge in [0.1, 0.15) is 18.2 Å². The molecule has 4 rings (SSSR count). The number of ether oxygens (including phenoxy) is 1. The third-order valence-corrected chi connectivity index (χ3v) is 6.68. The molecule has 0 fully saturated rings. The number of amides is 1. The highest BCUT2D eigenvalue weighted by Crippen LogP contribution is 2.22. The Morgan fingerprint density at radius 3 is 2.60 bits per heavy atom. The number of benzene rings is 3. The van der Waals surface area contributed by atoms with Crippen molar-refractivity contribution >= 4 is 40.1 Å². The number of nitrogens with zero attached hydrogens (tertiary/aromatic N) is 2. The van der Waals surface area contributed by atoms with Gasteiger partial charge < -0.3 is 14.6 Å².